The summed E-state index contributed by atoms with van der Waals surface area (Å²) in [4.78, 5) is 10.6. The SMILES string of the molecule is CC(=O)c1ccccc1.C[C@H](O)c1ccccc1.[HH]. The summed E-state index contributed by atoms with van der Waals surface area (Å²) in [6.07, 6.45) is -0.341. The van der Waals surface area contributed by atoms with Crippen molar-refractivity contribution in [2.45, 2.75) is 20.0 Å². The summed E-state index contributed by atoms with van der Waals surface area (Å²) in [6, 6.07) is 18.8. The highest BCUT2D eigenvalue weighted by molar-refractivity contribution is 5.93. The molecule has 1 atom stereocenters. The van der Waals surface area contributed by atoms with Crippen LogP contribution in [0.5, 0.6) is 0 Å². The summed E-state index contributed by atoms with van der Waals surface area (Å²) < 4.78 is 0. The molecule has 0 amide bonds. The predicted molar refractivity (Wildman–Crippen MR) is 75.6 cm³/mol. The average molecular weight is 244 g/mol. The Kier molecular flexibility index (Phi) is 5.81. The van der Waals surface area contributed by atoms with E-state index in [0.29, 0.717) is 0 Å². The third kappa shape index (κ3) is 4.93. The van der Waals surface area contributed by atoms with Crippen LogP contribution < -0.4 is 0 Å². The standard InChI is InChI=1S/C8H10O.C8H8O.H2/c2*1-7(9)8-5-3-2-4-6-8;/h2-7,9H,1H3;2-6H,1H3;1H/t7-;;/m0../s1. The molecule has 2 rings (SSSR count). The van der Waals surface area contributed by atoms with Crippen LogP contribution in [0.2, 0.25) is 0 Å². The number of rotatable bonds is 2. The Morgan fingerprint density at radius 2 is 1.44 bits per heavy atom. The lowest BCUT2D eigenvalue weighted by molar-refractivity contribution is 0.101. The van der Waals surface area contributed by atoms with Crippen LogP contribution >= 0.6 is 0 Å². The normalized spacial score (nSPS) is 11.1. The molecule has 0 saturated heterocycles. The molecule has 18 heavy (non-hydrogen) atoms. The van der Waals surface area contributed by atoms with E-state index < -0.39 is 0 Å². The van der Waals surface area contributed by atoms with Crippen molar-refractivity contribution < 1.29 is 11.3 Å². The number of carbonyl (C=O) groups is 1. The molecule has 2 nitrogen and oxygen atoms in total. The highest BCUT2D eigenvalue weighted by Crippen LogP contribution is 2.09. The molecule has 2 aromatic rings. The first-order valence-electron chi connectivity index (χ1n) is 5.90. The number of Topliss-reactive ketones (excluding diaryl/α,β-unsaturated/α-hetero) is 1. The van der Waals surface area contributed by atoms with Crippen molar-refractivity contribution in [2.24, 2.45) is 0 Å². The maximum atomic E-state index is 10.6. The topological polar surface area (TPSA) is 37.3 Å². The maximum absolute atomic E-state index is 10.6. The van der Waals surface area contributed by atoms with Gasteiger partial charge >= 0.3 is 0 Å². The summed E-state index contributed by atoms with van der Waals surface area (Å²) in [6.45, 7) is 3.32. The first-order chi connectivity index (χ1) is 8.61. The predicted octanol–water partition coefficient (Wildman–Crippen LogP) is 3.88. The molecule has 0 aromatic heterocycles. The maximum Gasteiger partial charge on any atom is 0.159 e. The van der Waals surface area contributed by atoms with Gasteiger partial charge < -0.3 is 5.11 Å². The molecular weight excluding hydrogens is 224 g/mol. The zero-order valence-electron chi connectivity index (χ0n) is 10.7. The van der Waals surface area contributed by atoms with Crippen LogP contribution in [0.25, 0.3) is 0 Å². The van der Waals surface area contributed by atoms with Gasteiger partial charge in [-0.3, -0.25) is 4.79 Å². The highest BCUT2D eigenvalue weighted by Gasteiger charge is 1.95. The van der Waals surface area contributed by atoms with E-state index in [1.165, 1.54) is 0 Å². The van der Waals surface area contributed by atoms with Crippen LogP contribution in [0.3, 0.4) is 0 Å². The molecule has 0 aliphatic rings. The number of aliphatic hydroxyl groups is 1. The number of hydrogen-bond donors (Lipinski definition) is 1. The van der Waals surface area contributed by atoms with Gasteiger partial charge in [-0.2, -0.15) is 0 Å². The second-order valence-electron chi connectivity index (χ2n) is 4.01. The van der Waals surface area contributed by atoms with E-state index in [1.807, 2.05) is 60.7 Å². The minimum absolute atomic E-state index is 0. The van der Waals surface area contributed by atoms with E-state index in [1.54, 1.807) is 13.8 Å². The first kappa shape index (κ1) is 14.1. The molecule has 0 heterocycles. The van der Waals surface area contributed by atoms with E-state index in [-0.39, 0.29) is 13.3 Å². The number of carbonyl (C=O) groups excluding carboxylic acids is 1. The Morgan fingerprint density at radius 3 is 1.72 bits per heavy atom. The summed E-state index contributed by atoms with van der Waals surface area (Å²) in [5, 5.41) is 9.02. The molecule has 0 radical (unpaired) electrons. The lowest BCUT2D eigenvalue weighted by Gasteiger charge is -2.00. The third-order valence-electron chi connectivity index (χ3n) is 2.46. The van der Waals surface area contributed by atoms with Crippen molar-refractivity contribution in [3.63, 3.8) is 0 Å². The minimum Gasteiger partial charge on any atom is -0.389 e. The van der Waals surface area contributed by atoms with Gasteiger partial charge in [0.2, 0.25) is 0 Å². The van der Waals surface area contributed by atoms with Crippen molar-refractivity contribution >= 4 is 5.78 Å². The fourth-order valence-electron chi connectivity index (χ4n) is 1.40. The van der Waals surface area contributed by atoms with Gasteiger partial charge in [-0.1, -0.05) is 60.7 Å². The van der Waals surface area contributed by atoms with Gasteiger partial charge in [0.05, 0.1) is 6.10 Å². The molecule has 0 bridgehead atoms. The van der Waals surface area contributed by atoms with Gasteiger partial charge in [0, 0.05) is 6.99 Å². The molecule has 0 saturated carbocycles. The quantitative estimate of drug-likeness (QED) is 0.814. The number of benzene rings is 2. The summed E-state index contributed by atoms with van der Waals surface area (Å²) in [5.74, 6) is 0.121. The van der Waals surface area contributed by atoms with Gasteiger partial charge in [0.1, 0.15) is 0 Å². The number of ketones is 1. The summed E-state index contributed by atoms with van der Waals surface area (Å²) in [7, 11) is 0. The van der Waals surface area contributed by atoms with Crippen molar-refractivity contribution in [1.82, 2.24) is 0 Å². The van der Waals surface area contributed by atoms with Crippen LogP contribution in [0.15, 0.2) is 60.7 Å². The van der Waals surface area contributed by atoms with Crippen LogP contribution in [-0.2, 0) is 0 Å². The van der Waals surface area contributed by atoms with E-state index in [0.717, 1.165) is 11.1 Å². The van der Waals surface area contributed by atoms with E-state index in [2.05, 4.69) is 0 Å². The van der Waals surface area contributed by atoms with Gasteiger partial charge in [-0.25, -0.2) is 0 Å². The first-order valence-corrected chi connectivity index (χ1v) is 5.90. The molecule has 2 heteroatoms. The number of hydrogen-bond acceptors (Lipinski definition) is 2. The Morgan fingerprint density at radius 1 is 1.00 bits per heavy atom. The van der Waals surface area contributed by atoms with Gasteiger partial charge in [0.15, 0.2) is 5.78 Å². The van der Waals surface area contributed by atoms with Gasteiger partial charge in [-0.15, -0.1) is 0 Å². The smallest absolute Gasteiger partial charge is 0.159 e. The molecule has 96 valence electrons. The lowest BCUT2D eigenvalue weighted by atomic mass is 10.1. The molecule has 1 N–H and O–H groups in total. The molecule has 0 aliphatic carbocycles. The van der Waals surface area contributed by atoms with Crippen molar-refractivity contribution in [3.8, 4) is 0 Å². The highest BCUT2D eigenvalue weighted by atomic mass is 16.3. The number of aliphatic hydroxyl groups excluding tert-OH is 1. The van der Waals surface area contributed by atoms with E-state index in [4.69, 9.17) is 5.11 Å². The lowest BCUT2D eigenvalue weighted by Crippen LogP contribution is -1.88. The summed E-state index contributed by atoms with van der Waals surface area (Å²) in [5.41, 5.74) is 1.75. The van der Waals surface area contributed by atoms with Gasteiger partial charge in [-0.05, 0) is 19.4 Å². The van der Waals surface area contributed by atoms with Crippen LogP contribution in [-0.4, -0.2) is 10.9 Å². The fourth-order valence-corrected chi connectivity index (χ4v) is 1.40. The Bertz CT molecular complexity index is 467. The second kappa shape index (κ2) is 7.41. The molecule has 2 aromatic carbocycles. The summed E-state index contributed by atoms with van der Waals surface area (Å²) >= 11 is 0. The average Bonchev–Trinajstić information content (AvgIpc) is 2.41. The van der Waals surface area contributed by atoms with Crippen molar-refractivity contribution in [2.75, 3.05) is 0 Å². The Balaban J connectivity index is 0.000000324. The molecule has 0 spiro atoms. The van der Waals surface area contributed by atoms with Crippen LogP contribution in [0.4, 0.5) is 0 Å². The van der Waals surface area contributed by atoms with Crippen molar-refractivity contribution in [3.05, 3.63) is 71.8 Å². The van der Waals surface area contributed by atoms with Crippen LogP contribution in [0, 0.1) is 0 Å². The van der Waals surface area contributed by atoms with E-state index in [9.17, 15) is 4.79 Å². The zero-order valence-corrected chi connectivity index (χ0v) is 10.7. The Hall–Kier alpha value is -1.93. The van der Waals surface area contributed by atoms with Gasteiger partial charge in [0.25, 0.3) is 0 Å². The zero-order chi connectivity index (χ0) is 13.4. The molecule has 0 fully saturated rings. The third-order valence-corrected chi connectivity index (χ3v) is 2.46. The van der Waals surface area contributed by atoms with Crippen LogP contribution in [0.1, 0.15) is 37.3 Å². The van der Waals surface area contributed by atoms with E-state index >= 15 is 0 Å². The molecule has 0 aliphatic heterocycles. The second-order valence-corrected chi connectivity index (χ2v) is 4.01. The molecular formula is C16H20O2. The van der Waals surface area contributed by atoms with Crippen molar-refractivity contribution in [1.29, 1.82) is 0 Å². The largest absolute Gasteiger partial charge is 0.389 e. The monoisotopic (exact) mass is 244 g/mol. The fraction of sp³-hybridized carbons (Fsp3) is 0.188. The Labute approximate surface area is 109 Å². The minimum atomic E-state index is -0.341. The molecule has 0 unspecified atom stereocenters.